The first kappa shape index (κ1) is 19.1. The topological polar surface area (TPSA) is 78.3 Å². The summed E-state index contributed by atoms with van der Waals surface area (Å²) >= 11 is 0. The van der Waals surface area contributed by atoms with Crippen LogP contribution in [0.15, 0.2) is 61.1 Å². The Labute approximate surface area is 169 Å². The maximum atomic E-state index is 13.0. The highest BCUT2D eigenvalue weighted by atomic mass is 16.5. The standard InChI is InChI=1S/C22H24N4O3/c1-15(16-6-5-11-23-14-16)25-22(27)17-10-13-29-21(17)19-9-12-24-26(19)18-7-3-4-8-20(18)28-2/h3-9,11-12,14-15,17,21H,10,13H2,1-2H3,(H,25,27)/t15-,17-,21-/m0/s1. The van der Waals surface area contributed by atoms with Crippen LogP contribution in [0.5, 0.6) is 5.75 Å². The van der Waals surface area contributed by atoms with Gasteiger partial charge in [0.2, 0.25) is 5.91 Å². The zero-order chi connectivity index (χ0) is 20.2. The molecule has 150 valence electrons. The van der Waals surface area contributed by atoms with Crippen molar-refractivity contribution in [2.75, 3.05) is 13.7 Å². The van der Waals surface area contributed by atoms with Crippen LogP contribution in [-0.2, 0) is 9.53 Å². The van der Waals surface area contributed by atoms with Crippen molar-refractivity contribution in [2.45, 2.75) is 25.5 Å². The number of nitrogens with one attached hydrogen (secondary N) is 1. The Morgan fingerprint density at radius 3 is 2.90 bits per heavy atom. The van der Waals surface area contributed by atoms with Gasteiger partial charge in [-0.25, -0.2) is 4.68 Å². The maximum absolute atomic E-state index is 13.0. The van der Waals surface area contributed by atoms with Crippen molar-refractivity contribution >= 4 is 5.91 Å². The molecule has 1 saturated heterocycles. The molecule has 4 rings (SSSR count). The van der Waals surface area contributed by atoms with E-state index in [1.54, 1.807) is 30.4 Å². The Morgan fingerprint density at radius 2 is 2.10 bits per heavy atom. The summed E-state index contributed by atoms with van der Waals surface area (Å²) in [5.74, 6) is 0.387. The Bertz CT molecular complexity index is 973. The number of hydrogen-bond donors (Lipinski definition) is 1. The van der Waals surface area contributed by atoms with Crippen LogP contribution in [0.3, 0.4) is 0 Å². The molecule has 0 radical (unpaired) electrons. The third-order valence-corrected chi connectivity index (χ3v) is 5.25. The quantitative estimate of drug-likeness (QED) is 0.697. The number of amides is 1. The van der Waals surface area contributed by atoms with E-state index in [0.29, 0.717) is 18.8 Å². The summed E-state index contributed by atoms with van der Waals surface area (Å²) in [4.78, 5) is 17.2. The average molecular weight is 392 g/mol. The van der Waals surface area contributed by atoms with E-state index < -0.39 is 0 Å². The lowest BCUT2D eigenvalue weighted by atomic mass is 9.97. The third kappa shape index (κ3) is 3.86. The molecule has 1 aliphatic rings. The molecule has 0 saturated carbocycles. The summed E-state index contributed by atoms with van der Waals surface area (Å²) in [6.07, 6.45) is 5.50. The van der Waals surface area contributed by atoms with Crippen LogP contribution in [0.1, 0.15) is 36.7 Å². The zero-order valence-corrected chi connectivity index (χ0v) is 16.5. The largest absolute Gasteiger partial charge is 0.494 e. The fourth-order valence-electron chi connectivity index (χ4n) is 3.72. The lowest BCUT2D eigenvalue weighted by molar-refractivity contribution is -0.127. The van der Waals surface area contributed by atoms with Crippen molar-refractivity contribution in [1.29, 1.82) is 0 Å². The van der Waals surface area contributed by atoms with Gasteiger partial charge in [-0.05, 0) is 43.2 Å². The number of nitrogens with zero attached hydrogens (tertiary/aromatic N) is 3. The summed E-state index contributed by atoms with van der Waals surface area (Å²) in [7, 11) is 1.63. The summed E-state index contributed by atoms with van der Waals surface area (Å²) in [5.41, 5.74) is 2.62. The van der Waals surface area contributed by atoms with Crippen molar-refractivity contribution in [3.8, 4) is 11.4 Å². The molecule has 0 unspecified atom stereocenters. The first-order valence-corrected chi connectivity index (χ1v) is 9.68. The van der Waals surface area contributed by atoms with Gasteiger partial charge in [-0.1, -0.05) is 18.2 Å². The SMILES string of the molecule is COc1ccccc1-n1nccc1[C@H]1OCC[C@@H]1C(=O)N[C@@H](C)c1cccnc1. The van der Waals surface area contributed by atoms with Crippen LogP contribution >= 0.6 is 0 Å². The van der Waals surface area contributed by atoms with E-state index in [9.17, 15) is 4.79 Å². The molecule has 0 spiro atoms. The molecule has 1 aliphatic heterocycles. The molecule has 1 fully saturated rings. The molecule has 3 atom stereocenters. The second kappa shape index (κ2) is 8.45. The minimum Gasteiger partial charge on any atom is -0.494 e. The predicted molar refractivity (Wildman–Crippen MR) is 108 cm³/mol. The number of methoxy groups -OCH3 is 1. The monoisotopic (exact) mass is 392 g/mol. The number of carbonyl (C=O) groups is 1. The number of benzene rings is 1. The van der Waals surface area contributed by atoms with Gasteiger partial charge in [0.05, 0.1) is 24.8 Å². The van der Waals surface area contributed by atoms with Crippen molar-refractivity contribution in [3.05, 3.63) is 72.3 Å². The minimum atomic E-state index is -0.372. The molecule has 1 amide bonds. The smallest absolute Gasteiger partial charge is 0.226 e. The molecule has 2 aromatic heterocycles. The van der Waals surface area contributed by atoms with E-state index >= 15 is 0 Å². The van der Waals surface area contributed by atoms with Gasteiger partial charge in [0.15, 0.2) is 0 Å². The van der Waals surface area contributed by atoms with Crippen LogP contribution in [0.25, 0.3) is 5.69 Å². The second-order valence-electron chi connectivity index (χ2n) is 7.04. The van der Waals surface area contributed by atoms with E-state index in [1.165, 1.54) is 0 Å². The number of rotatable bonds is 6. The lowest BCUT2D eigenvalue weighted by Gasteiger charge is -2.22. The van der Waals surface area contributed by atoms with Crippen molar-refractivity contribution < 1.29 is 14.3 Å². The van der Waals surface area contributed by atoms with Gasteiger partial charge in [0, 0.05) is 25.2 Å². The average Bonchev–Trinajstić information content (AvgIpc) is 3.43. The summed E-state index contributed by atoms with van der Waals surface area (Å²) < 4.78 is 13.2. The summed E-state index contributed by atoms with van der Waals surface area (Å²) in [5, 5.41) is 7.56. The molecule has 0 aliphatic carbocycles. The van der Waals surface area contributed by atoms with E-state index in [0.717, 1.165) is 16.9 Å². The van der Waals surface area contributed by atoms with Crippen LogP contribution in [0, 0.1) is 5.92 Å². The van der Waals surface area contributed by atoms with E-state index in [-0.39, 0.29) is 24.0 Å². The number of pyridine rings is 1. The van der Waals surface area contributed by atoms with Crippen LogP contribution in [0.4, 0.5) is 0 Å². The highest BCUT2D eigenvalue weighted by Crippen LogP contribution is 2.37. The van der Waals surface area contributed by atoms with Gasteiger partial charge in [-0.3, -0.25) is 9.78 Å². The Morgan fingerprint density at radius 1 is 1.24 bits per heavy atom. The number of ether oxygens (including phenoxy) is 2. The van der Waals surface area contributed by atoms with Gasteiger partial charge in [-0.2, -0.15) is 5.10 Å². The minimum absolute atomic E-state index is 0.0309. The third-order valence-electron chi connectivity index (χ3n) is 5.25. The maximum Gasteiger partial charge on any atom is 0.226 e. The van der Waals surface area contributed by atoms with Crippen molar-refractivity contribution in [1.82, 2.24) is 20.1 Å². The molecule has 7 heteroatoms. The van der Waals surface area contributed by atoms with Crippen molar-refractivity contribution in [3.63, 3.8) is 0 Å². The summed E-state index contributed by atoms with van der Waals surface area (Å²) in [6, 6.07) is 13.2. The molecule has 29 heavy (non-hydrogen) atoms. The van der Waals surface area contributed by atoms with Gasteiger partial charge in [0.25, 0.3) is 0 Å². The number of carbonyl (C=O) groups excluding carboxylic acids is 1. The lowest BCUT2D eigenvalue weighted by Crippen LogP contribution is -2.34. The van der Waals surface area contributed by atoms with Gasteiger partial charge >= 0.3 is 0 Å². The summed E-state index contributed by atoms with van der Waals surface area (Å²) in [6.45, 7) is 2.49. The Balaban J connectivity index is 1.57. The predicted octanol–water partition coefficient (Wildman–Crippen LogP) is 3.23. The second-order valence-corrected chi connectivity index (χ2v) is 7.04. The van der Waals surface area contributed by atoms with Gasteiger partial charge < -0.3 is 14.8 Å². The molecule has 3 heterocycles. The molecule has 3 aromatic rings. The zero-order valence-electron chi connectivity index (χ0n) is 16.5. The number of aromatic nitrogens is 3. The van der Waals surface area contributed by atoms with Crippen LogP contribution in [0.2, 0.25) is 0 Å². The molecule has 7 nitrogen and oxygen atoms in total. The molecular weight excluding hydrogens is 368 g/mol. The first-order valence-electron chi connectivity index (χ1n) is 9.68. The van der Waals surface area contributed by atoms with E-state index in [2.05, 4.69) is 15.4 Å². The Hall–Kier alpha value is -3.19. The molecule has 1 aromatic carbocycles. The number of hydrogen-bond acceptors (Lipinski definition) is 5. The van der Waals surface area contributed by atoms with Crippen molar-refractivity contribution in [2.24, 2.45) is 5.92 Å². The van der Waals surface area contributed by atoms with Crippen LogP contribution in [-0.4, -0.2) is 34.4 Å². The van der Waals surface area contributed by atoms with E-state index in [4.69, 9.17) is 9.47 Å². The van der Waals surface area contributed by atoms with Gasteiger partial charge in [0.1, 0.15) is 17.5 Å². The molecule has 1 N–H and O–H groups in total. The van der Waals surface area contributed by atoms with Gasteiger partial charge in [-0.15, -0.1) is 0 Å². The first-order chi connectivity index (χ1) is 14.2. The highest BCUT2D eigenvalue weighted by molar-refractivity contribution is 5.80. The normalized spacial score (nSPS) is 19.7. The number of para-hydroxylation sites is 2. The molecular formula is C22H24N4O3. The fourth-order valence-corrected chi connectivity index (χ4v) is 3.72. The fraction of sp³-hybridized carbons (Fsp3) is 0.318. The van der Waals surface area contributed by atoms with Crippen LogP contribution < -0.4 is 10.1 Å². The molecule has 0 bridgehead atoms. The Kier molecular flexibility index (Phi) is 5.57. The highest BCUT2D eigenvalue weighted by Gasteiger charge is 2.38. The van der Waals surface area contributed by atoms with E-state index in [1.807, 2.05) is 49.4 Å².